The molecule has 0 fully saturated rings. The van der Waals surface area contributed by atoms with Gasteiger partial charge in [0.15, 0.2) is 0 Å². The van der Waals surface area contributed by atoms with E-state index in [4.69, 9.17) is 0 Å². The number of aromatic nitrogens is 1. The number of methoxy groups -OCH3 is 1. The van der Waals surface area contributed by atoms with E-state index >= 15 is 0 Å². The highest BCUT2D eigenvalue weighted by molar-refractivity contribution is 7.20. The summed E-state index contributed by atoms with van der Waals surface area (Å²) in [6.45, 7) is 0. The number of alkyl halides is 2. The van der Waals surface area contributed by atoms with Gasteiger partial charge >= 0.3 is 5.97 Å². The molecule has 0 saturated carbocycles. The van der Waals surface area contributed by atoms with Gasteiger partial charge in [-0.05, 0) is 12.1 Å². The fourth-order valence-corrected chi connectivity index (χ4v) is 2.38. The molecule has 2 heterocycles. The van der Waals surface area contributed by atoms with Crippen molar-refractivity contribution in [1.82, 2.24) is 4.98 Å². The zero-order chi connectivity index (χ0) is 11.7. The van der Waals surface area contributed by atoms with E-state index in [9.17, 15) is 13.6 Å². The number of carbonyl (C=O) groups is 1. The number of carbonyl (C=O) groups excluding carboxylic acids is 1. The fraction of sp³-hybridized carbons (Fsp3) is 0.200. The summed E-state index contributed by atoms with van der Waals surface area (Å²) in [4.78, 5) is 15.4. The number of hydrogen-bond donors (Lipinski definition) is 0. The normalized spacial score (nSPS) is 11.0. The minimum absolute atomic E-state index is 0.106. The molecular weight excluding hydrogens is 236 g/mol. The van der Waals surface area contributed by atoms with Crippen molar-refractivity contribution in [2.45, 2.75) is 6.43 Å². The molecule has 0 spiro atoms. The van der Waals surface area contributed by atoms with Gasteiger partial charge in [-0.25, -0.2) is 13.6 Å². The van der Waals surface area contributed by atoms with Crippen LogP contribution in [0.15, 0.2) is 18.3 Å². The summed E-state index contributed by atoms with van der Waals surface area (Å²) >= 11 is 0.968. The minimum atomic E-state index is -2.57. The molecule has 0 bridgehead atoms. The molecule has 3 nitrogen and oxygen atoms in total. The summed E-state index contributed by atoms with van der Waals surface area (Å²) in [6.07, 6.45) is -1.27. The molecule has 0 N–H and O–H groups in total. The van der Waals surface area contributed by atoms with Crippen LogP contribution in [0.1, 0.15) is 21.7 Å². The standard InChI is InChI=1S/C10H7F2NO2S/c1-15-10(14)7-4-6-8(16-7)5(9(11)12)2-3-13-6/h2-4,9H,1H3. The molecule has 0 saturated heterocycles. The Bertz CT molecular complexity index is 539. The second-order valence-electron chi connectivity index (χ2n) is 3.02. The summed E-state index contributed by atoms with van der Waals surface area (Å²) < 4.78 is 30.2. The second-order valence-corrected chi connectivity index (χ2v) is 4.07. The Balaban J connectivity index is 2.61. The third-order valence-electron chi connectivity index (χ3n) is 2.06. The summed E-state index contributed by atoms with van der Waals surface area (Å²) in [5, 5.41) is 0. The van der Waals surface area contributed by atoms with Crippen molar-refractivity contribution in [2.75, 3.05) is 7.11 Å². The Morgan fingerprint density at radius 2 is 2.31 bits per heavy atom. The van der Waals surface area contributed by atoms with Crippen molar-refractivity contribution in [1.29, 1.82) is 0 Å². The van der Waals surface area contributed by atoms with E-state index < -0.39 is 12.4 Å². The van der Waals surface area contributed by atoms with E-state index in [2.05, 4.69) is 9.72 Å². The van der Waals surface area contributed by atoms with Crippen LogP contribution in [0, 0.1) is 0 Å². The van der Waals surface area contributed by atoms with Gasteiger partial charge in [0, 0.05) is 11.8 Å². The van der Waals surface area contributed by atoms with Crippen molar-refractivity contribution in [3.63, 3.8) is 0 Å². The van der Waals surface area contributed by atoms with Crippen LogP contribution < -0.4 is 0 Å². The maximum Gasteiger partial charge on any atom is 0.348 e. The number of thiophene rings is 1. The van der Waals surface area contributed by atoms with E-state index in [1.807, 2.05) is 0 Å². The lowest BCUT2D eigenvalue weighted by Gasteiger charge is -1.98. The first kappa shape index (κ1) is 10.9. The molecule has 0 aliphatic heterocycles. The highest BCUT2D eigenvalue weighted by atomic mass is 32.1. The molecule has 0 aliphatic rings. The largest absolute Gasteiger partial charge is 0.465 e. The van der Waals surface area contributed by atoms with Crippen LogP contribution >= 0.6 is 11.3 Å². The molecule has 16 heavy (non-hydrogen) atoms. The molecule has 0 radical (unpaired) electrons. The van der Waals surface area contributed by atoms with Gasteiger partial charge in [-0.15, -0.1) is 11.3 Å². The molecule has 2 rings (SSSR count). The number of nitrogens with zero attached hydrogens (tertiary/aromatic N) is 1. The number of fused-ring (bicyclic) bond motifs is 1. The zero-order valence-corrected chi connectivity index (χ0v) is 9.05. The lowest BCUT2D eigenvalue weighted by Crippen LogP contribution is -1.96. The van der Waals surface area contributed by atoms with E-state index in [-0.39, 0.29) is 10.4 Å². The van der Waals surface area contributed by atoms with E-state index in [1.54, 1.807) is 0 Å². The van der Waals surface area contributed by atoms with Crippen molar-refractivity contribution in [2.24, 2.45) is 0 Å². The minimum Gasteiger partial charge on any atom is -0.465 e. The van der Waals surface area contributed by atoms with Crippen molar-refractivity contribution in [3.8, 4) is 0 Å². The van der Waals surface area contributed by atoms with Crippen LogP contribution in [0.3, 0.4) is 0 Å². The highest BCUT2D eigenvalue weighted by Gasteiger charge is 2.17. The zero-order valence-electron chi connectivity index (χ0n) is 8.24. The lowest BCUT2D eigenvalue weighted by atomic mass is 10.2. The van der Waals surface area contributed by atoms with Gasteiger partial charge in [-0.1, -0.05) is 0 Å². The molecule has 2 aromatic heterocycles. The summed E-state index contributed by atoms with van der Waals surface area (Å²) in [5.74, 6) is -0.539. The molecule has 0 atom stereocenters. The Kier molecular flexibility index (Phi) is 2.82. The molecule has 0 aromatic carbocycles. The van der Waals surface area contributed by atoms with Crippen LogP contribution in [0.4, 0.5) is 8.78 Å². The molecule has 0 unspecified atom stereocenters. The number of pyridine rings is 1. The van der Waals surface area contributed by atoms with Crippen LogP contribution in [0.5, 0.6) is 0 Å². The average Bonchev–Trinajstić information content (AvgIpc) is 2.70. The Hall–Kier alpha value is -1.56. The van der Waals surface area contributed by atoms with Gasteiger partial charge < -0.3 is 4.74 Å². The Morgan fingerprint density at radius 1 is 1.56 bits per heavy atom. The number of halogens is 2. The van der Waals surface area contributed by atoms with E-state index in [0.717, 1.165) is 11.3 Å². The smallest absolute Gasteiger partial charge is 0.348 e. The summed E-state index contributed by atoms with van der Waals surface area (Å²) in [7, 11) is 1.24. The predicted molar refractivity (Wildman–Crippen MR) is 55.9 cm³/mol. The van der Waals surface area contributed by atoms with Crippen LogP contribution in [0.2, 0.25) is 0 Å². The number of ether oxygens (including phenoxy) is 1. The van der Waals surface area contributed by atoms with Crippen molar-refractivity contribution >= 4 is 27.5 Å². The predicted octanol–water partition coefficient (Wildman–Crippen LogP) is 3.02. The van der Waals surface area contributed by atoms with Gasteiger partial charge in [0.2, 0.25) is 0 Å². The van der Waals surface area contributed by atoms with Gasteiger partial charge in [0.1, 0.15) is 4.88 Å². The number of hydrogen-bond acceptors (Lipinski definition) is 4. The maximum atomic E-state index is 12.7. The number of esters is 1. The molecule has 0 amide bonds. The first-order chi connectivity index (χ1) is 7.63. The summed E-state index contributed by atoms with van der Waals surface area (Å²) in [6, 6.07) is 2.71. The topological polar surface area (TPSA) is 39.2 Å². The van der Waals surface area contributed by atoms with Crippen LogP contribution in [-0.4, -0.2) is 18.1 Å². The summed E-state index contributed by atoms with van der Waals surface area (Å²) in [5.41, 5.74) is 0.286. The van der Waals surface area contributed by atoms with Crippen LogP contribution in [-0.2, 0) is 4.74 Å². The highest BCUT2D eigenvalue weighted by Crippen LogP contribution is 2.32. The molecule has 2 aromatic rings. The van der Waals surface area contributed by atoms with Gasteiger partial charge in [0.05, 0.1) is 17.3 Å². The molecule has 84 valence electrons. The van der Waals surface area contributed by atoms with Crippen molar-refractivity contribution in [3.05, 3.63) is 28.8 Å². The molecule has 0 aliphatic carbocycles. The first-order valence-corrected chi connectivity index (χ1v) is 5.20. The monoisotopic (exact) mass is 243 g/mol. The van der Waals surface area contributed by atoms with Crippen molar-refractivity contribution < 1.29 is 18.3 Å². The van der Waals surface area contributed by atoms with E-state index in [1.165, 1.54) is 25.4 Å². The third-order valence-corrected chi connectivity index (χ3v) is 3.22. The lowest BCUT2D eigenvalue weighted by molar-refractivity contribution is 0.0606. The average molecular weight is 243 g/mol. The third kappa shape index (κ3) is 1.76. The SMILES string of the molecule is COC(=O)c1cc2nccc(C(F)F)c2s1. The van der Waals surface area contributed by atoms with Crippen LogP contribution in [0.25, 0.3) is 10.2 Å². The van der Waals surface area contributed by atoms with Gasteiger partial charge in [-0.3, -0.25) is 4.98 Å². The Morgan fingerprint density at radius 3 is 2.94 bits per heavy atom. The molecule has 6 heteroatoms. The number of rotatable bonds is 2. The van der Waals surface area contributed by atoms with Gasteiger partial charge in [0.25, 0.3) is 6.43 Å². The quantitative estimate of drug-likeness (QED) is 0.761. The van der Waals surface area contributed by atoms with Gasteiger partial charge in [-0.2, -0.15) is 0 Å². The maximum absolute atomic E-state index is 12.7. The first-order valence-electron chi connectivity index (χ1n) is 4.38. The fourth-order valence-electron chi connectivity index (χ4n) is 1.33. The molecular formula is C10H7F2NO2S. The van der Waals surface area contributed by atoms with E-state index in [0.29, 0.717) is 10.2 Å². The second kappa shape index (κ2) is 4.13. The Labute approximate surface area is 93.7 Å².